The average molecular weight is 291 g/mol. The van der Waals surface area contributed by atoms with Gasteiger partial charge in [0.05, 0.1) is 6.04 Å². The molecule has 2 aromatic rings. The highest BCUT2D eigenvalue weighted by molar-refractivity contribution is 6.30. The SMILES string of the molecule is NCC(c1cc(Cl)ccc1F)N1Cc2ccccc2C1. The van der Waals surface area contributed by atoms with Gasteiger partial charge in [0.15, 0.2) is 0 Å². The molecule has 2 aromatic carbocycles. The van der Waals surface area contributed by atoms with Crippen molar-refractivity contribution in [3.05, 3.63) is 70.0 Å². The van der Waals surface area contributed by atoms with Crippen molar-refractivity contribution in [2.24, 2.45) is 5.73 Å². The van der Waals surface area contributed by atoms with E-state index in [9.17, 15) is 4.39 Å². The second kappa shape index (κ2) is 5.52. The molecule has 0 amide bonds. The van der Waals surface area contributed by atoms with Crippen molar-refractivity contribution >= 4 is 11.6 Å². The van der Waals surface area contributed by atoms with Crippen LogP contribution in [0, 0.1) is 5.82 Å². The minimum Gasteiger partial charge on any atom is -0.329 e. The molecule has 2 N–H and O–H groups in total. The molecule has 0 saturated heterocycles. The molecule has 20 heavy (non-hydrogen) atoms. The van der Waals surface area contributed by atoms with Crippen molar-refractivity contribution in [2.75, 3.05) is 6.54 Å². The normalized spacial score (nSPS) is 16.1. The lowest BCUT2D eigenvalue weighted by Crippen LogP contribution is -2.30. The number of nitrogens with two attached hydrogens (primary N) is 1. The molecule has 0 aliphatic carbocycles. The van der Waals surface area contributed by atoms with E-state index in [-0.39, 0.29) is 11.9 Å². The Morgan fingerprint density at radius 2 is 1.80 bits per heavy atom. The summed E-state index contributed by atoms with van der Waals surface area (Å²) in [4.78, 5) is 2.19. The largest absolute Gasteiger partial charge is 0.329 e. The van der Waals surface area contributed by atoms with Gasteiger partial charge in [0.2, 0.25) is 0 Å². The zero-order valence-corrected chi connectivity index (χ0v) is 11.8. The molecule has 0 saturated carbocycles. The van der Waals surface area contributed by atoms with Crippen molar-refractivity contribution in [2.45, 2.75) is 19.1 Å². The van der Waals surface area contributed by atoms with Gasteiger partial charge in [-0.1, -0.05) is 35.9 Å². The summed E-state index contributed by atoms with van der Waals surface area (Å²) in [5.41, 5.74) is 9.03. The van der Waals surface area contributed by atoms with Gasteiger partial charge in [-0.05, 0) is 29.3 Å². The molecule has 104 valence electrons. The van der Waals surface area contributed by atoms with Gasteiger partial charge in [0.25, 0.3) is 0 Å². The topological polar surface area (TPSA) is 29.3 Å². The predicted molar refractivity (Wildman–Crippen MR) is 78.9 cm³/mol. The quantitative estimate of drug-likeness (QED) is 0.937. The first-order valence-electron chi connectivity index (χ1n) is 6.65. The van der Waals surface area contributed by atoms with E-state index >= 15 is 0 Å². The van der Waals surface area contributed by atoms with Crippen LogP contribution in [0.1, 0.15) is 22.7 Å². The Hall–Kier alpha value is -1.42. The number of hydrogen-bond acceptors (Lipinski definition) is 2. The zero-order valence-electron chi connectivity index (χ0n) is 11.0. The fourth-order valence-corrected chi connectivity index (χ4v) is 3.00. The molecule has 1 heterocycles. The van der Waals surface area contributed by atoms with Gasteiger partial charge in [0, 0.05) is 30.2 Å². The number of rotatable bonds is 3. The summed E-state index contributed by atoms with van der Waals surface area (Å²) in [5.74, 6) is -0.249. The van der Waals surface area contributed by atoms with Crippen molar-refractivity contribution in [3.63, 3.8) is 0 Å². The molecule has 0 radical (unpaired) electrons. The van der Waals surface area contributed by atoms with Gasteiger partial charge in [0.1, 0.15) is 5.82 Å². The molecule has 2 nitrogen and oxygen atoms in total. The Morgan fingerprint density at radius 1 is 1.15 bits per heavy atom. The maximum Gasteiger partial charge on any atom is 0.128 e. The first kappa shape index (κ1) is 13.6. The minimum atomic E-state index is -0.249. The smallest absolute Gasteiger partial charge is 0.128 e. The van der Waals surface area contributed by atoms with E-state index in [0.29, 0.717) is 17.1 Å². The van der Waals surface area contributed by atoms with Gasteiger partial charge < -0.3 is 5.73 Å². The summed E-state index contributed by atoms with van der Waals surface area (Å²) in [6, 6.07) is 12.8. The predicted octanol–water partition coefficient (Wildman–Crippen LogP) is 3.49. The van der Waals surface area contributed by atoms with Crippen molar-refractivity contribution in [1.29, 1.82) is 0 Å². The van der Waals surface area contributed by atoms with Gasteiger partial charge in [-0.15, -0.1) is 0 Å². The Bertz CT molecular complexity index is 605. The van der Waals surface area contributed by atoms with E-state index in [1.165, 1.54) is 17.2 Å². The molecule has 0 spiro atoms. The van der Waals surface area contributed by atoms with Crippen molar-refractivity contribution in [3.8, 4) is 0 Å². The first-order chi connectivity index (χ1) is 9.69. The van der Waals surface area contributed by atoms with Crippen LogP contribution in [-0.2, 0) is 13.1 Å². The number of hydrogen-bond donors (Lipinski definition) is 1. The highest BCUT2D eigenvalue weighted by Crippen LogP contribution is 2.32. The van der Waals surface area contributed by atoms with Gasteiger partial charge in [-0.25, -0.2) is 4.39 Å². The van der Waals surface area contributed by atoms with Crippen LogP contribution in [0.15, 0.2) is 42.5 Å². The van der Waals surface area contributed by atoms with Gasteiger partial charge in [-0.2, -0.15) is 0 Å². The van der Waals surface area contributed by atoms with Crippen LogP contribution in [0.4, 0.5) is 4.39 Å². The number of fused-ring (bicyclic) bond motifs is 1. The highest BCUT2D eigenvalue weighted by atomic mass is 35.5. The summed E-state index contributed by atoms with van der Waals surface area (Å²) in [6.07, 6.45) is 0. The van der Waals surface area contributed by atoms with E-state index in [4.69, 9.17) is 17.3 Å². The van der Waals surface area contributed by atoms with Crippen LogP contribution in [0.25, 0.3) is 0 Å². The molecule has 1 aliphatic rings. The minimum absolute atomic E-state index is 0.152. The van der Waals surface area contributed by atoms with Crippen LogP contribution < -0.4 is 5.73 Å². The van der Waals surface area contributed by atoms with Gasteiger partial charge in [-0.3, -0.25) is 4.90 Å². The standard InChI is InChI=1S/C16H16ClFN2/c17-13-5-6-15(18)14(7-13)16(8-19)20-9-11-3-1-2-4-12(11)10-20/h1-7,16H,8-10,19H2. The molecule has 0 fully saturated rings. The summed E-state index contributed by atoms with van der Waals surface area (Å²) in [5, 5.41) is 0.538. The van der Waals surface area contributed by atoms with E-state index in [1.54, 1.807) is 12.1 Å². The summed E-state index contributed by atoms with van der Waals surface area (Å²) < 4.78 is 14.0. The third-order valence-corrected chi connectivity index (χ3v) is 4.08. The van der Waals surface area contributed by atoms with Crippen LogP contribution in [0.5, 0.6) is 0 Å². The summed E-state index contributed by atoms with van der Waals surface area (Å²) >= 11 is 5.99. The third kappa shape index (κ3) is 2.44. The van der Waals surface area contributed by atoms with Crippen LogP contribution in [0.2, 0.25) is 5.02 Å². The summed E-state index contributed by atoms with van der Waals surface area (Å²) in [6.45, 7) is 1.96. The number of nitrogens with zero attached hydrogens (tertiary/aromatic N) is 1. The molecular formula is C16H16ClFN2. The Balaban J connectivity index is 1.91. The monoisotopic (exact) mass is 290 g/mol. The molecule has 1 aliphatic heterocycles. The Labute approximate surface area is 123 Å². The van der Waals surface area contributed by atoms with Crippen molar-refractivity contribution < 1.29 is 4.39 Å². The average Bonchev–Trinajstić information content (AvgIpc) is 2.87. The third-order valence-electron chi connectivity index (χ3n) is 3.85. The maximum atomic E-state index is 14.0. The molecule has 4 heteroatoms. The molecular weight excluding hydrogens is 275 g/mol. The lowest BCUT2D eigenvalue weighted by Gasteiger charge is -2.27. The fourth-order valence-electron chi connectivity index (χ4n) is 2.82. The molecule has 0 bridgehead atoms. The second-order valence-electron chi connectivity index (χ2n) is 5.09. The molecule has 3 rings (SSSR count). The van der Waals surface area contributed by atoms with E-state index < -0.39 is 0 Å². The maximum absolute atomic E-state index is 14.0. The van der Waals surface area contributed by atoms with Crippen LogP contribution >= 0.6 is 11.6 Å². The zero-order chi connectivity index (χ0) is 14.1. The molecule has 1 atom stereocenters. The number of benzene rings is 2. The second-order valence-corrected chi connectivity index (χ2v) is 5.53. The van der Waals surface area contributed by atoms with Crippen molar-refractivity contribution in [1.82, 2.24) is 4.90 Å². The molecule has 0 aromatic heterocycles. The van der Waals surface area contributed by atoms with Crippen LogP contribution in [-0.4, -0.2) is 11.4 Å². The molecule has 1 unspecified atom stereocenters. The van der Waals surface area contributed by atoms with E-state index in [2.05, 4.69) is 17.0 Å². The lowest BCUT2D eigenvalue weighted by molar-refractivity contribution is 0.201. The number of halogens is 2. The summed E-state index contributed by atoms with van der Waals surface area (Å²) in [7, 11) is 0. The Morgan fingerprint density at radius 3 is 2.40 bits per heavy atom. The van der Waals surface area contributed by atoms with Crippen LogP contribution in [0.3, 0.4) is 0 Å². The lowest BCUT2D eigenvalue weighted by atomic mass is 10.0. The van der Waals surface area contributed by atoms with E-state index in [0.717, 1.165) is 13.1 Å². The Kier molecular flexibility index (Phi) is 3.74. The van der Waals surface area contributed by atoms with Gasteiger partial charge >= 0.3 is 0 Å². The highest BCUT2D eigenvalue weighted by Gasteiger charge is 2.27. The first-order valence-corrected chi connectivity index (χ1v) is 7.02. The fraction of sp³-hybridized carbons (Fsp3) is 0.250. The van der Waals surface area contributed by atoms with E-state index in [1.807, 2.05) is 12.1 Å².